The zero-order valence-electron chi connectivity index (χ0n) is 26.4. The fraction of sp³-hybridized carbons (Fsp3) is 0.0667. The van der Waals surface area contributed by atoms with E-state index >= 15 is 0 Å². The van der Waals surface area contributed by atoms with E-state index in [0.717, 1.165) is 11.4 Å². The van der Waals surface area contributed by atoms with Crippen LogP contribution in [0.4, 0.5) is 17.1 Å². The summed E-state index contributed by atoms with van der Waals surface area (Å²) in [5.41, 5.74) is 13.9. The van der Waals surface area contributed by atoms with Crippen LogP contribution in [0, 0.1) is 0 Å². The molecule has 0 N–H and O–H groups in total. The van der Waals surface area contributed by atoms with Gasteiger partial charge in [0.15, 0.2) is 0 Å². The molecule has 0 spiro atoms. The van der Waals surface area contributed by atoms with Crippen molar-refractivity contribution in [2.75, 3.05) is 4.90 Å². The van der Waals surface area contributed by atoms with E-state index in [2.05, 4.69) is 183 Å². The van der Waals surface area contributed by atoms with Crippen LogP contribution in [0.1, 0.15) is 25.0 Å². The van der Waals surface area contributed by atoms with Gasteiger partial charge < -0.3 is 4.90 Å². The first-order valence-electron chi connectivity index (χ1n) is 16.3. The fourth-order valence-electron chi connectivity index (χ4n) is 7.46. The Hall–Kier alpha value is -5.44. The molecular weight excluding hydrogens is 587 g/mol. The maximum absolute atomic E-state index is 2.42. The van der Waals surface area contributed by atoms with Crippen LogP contribution in [-0.2, 0) is 5.41 Å². The number of hydrogen-bond acceptors (Lipinski definition) is 2. The largest absolute Gasteiger partial charge is 0.309 e. The van der Waals surface area contributed by atoms with Crippen molar-refractivity contribution in [2.45, 2.75) is 19.3 Å². The van der Waals surface area contributed by atoms with Gasteiger partial charge in [-0.1, -0.05) is 135 Å². The van der Waals surface area contributed by atoms with Gasteiger partial charge in [0.25, 0.3) is 0 Å². The van der Waals surface area contributed by atoms with Crippen molar-refractivity contribution >= 4 is 48.6 Å². The minimum Gasteiger partial charge on any atom is -0.309 e. The highest BCUT2D eigenvalue weighted by atomic mass is 32.1. The van der Waals surface area contributed by atoms with Crippen molar-refractivity contribution in [3.05, 3.63) is 175 Å². The molecule has 7 aromatic carbocycles. The normalized spacial score (nSPS) is 13.1. The zero-order chi connectivity index (χ0) is 31.5. The second-order valence-electron chi connectivity index (χ2n) is 13.0. The first-order valence-corrected chi connectivity index (χ1v) is 17.1. The van der Waals surface area contributed by atoms with E-state index in [1.54, 1.807) is 0 Å². The van der Waals surface area contributed by atoms with Crippen LogP contribution >= 0.6 is 11.3 Å². The third-order valence-corrected chi connectivity index (χ3v) is 11.1. The van der Waals surface area contributed by atoms with Gasteiger partial charge in [0.2, 0.25) is 0 Å². The van der Waals surface area contributed by atoms with Crippen LogP contribution in [0.15, 0.2) is 164 Å². The molecule has 0 unspecified atom stereocenters. The predicted molar refractivity (Wildman–Crippen MR) is 202 cm³/mol. The van der Waals surface area contributed by atoms with Gasteiger partial charge in [0.1, 0.15) is 0 Å². The van der Waals surface area contributed by atoms with Crippen molar-refractivity contribution in [1.82, 2.24) is 0 Å². The number of benzene rings is 7. The molecule has 0 saturated heterocycles. The third kappa shape index (κ3) is 4.52. The van der Waals surface area contributed by atoms with Crippen LogP contribution in [0.25, 0.3) is 53.6 Å². The van der Waals surface area contributed by atoms with E-state index in [4.69, 9.17) is 0 Å². The monoisotopic (exact) mass is 619 g/mol. The highest BCUT2D eigenvalue weighted by Gasteiger charge is 2.35. The van der Waals surface area contributed by atoms with E-state index in [0.29, 0.717) is 0 Å². The van der Waals surface area contributed by atoms with Gasteiger partial charge in [-0.25, -0.2) is 0 Å². The van der Waals surface area contributed by atoms with Gasteiger partial charge in [-0.05, 0) is 87.0 Å². The Morgan fingerprint density at radius 2 is 1.02 bits per heavy atom. The lowest BCUT2D eigenvalue weighted by Crippen LogP contribution is -2.14. The number of fused-ring (bicyclic) bond motifs is 6. The lowest BCUT2D eigenvalue weighted by atomic mass is 9.81. The summed E-state index contributed by atoms with van der Waals surface area (Å²) >= 11 is 1.87. The van der Waals surface area contributed by atoms with Crippen LogP contribution in [-0.4, -0.2) is 0 Å². The molecule has 2 heteroatoms. The number of hydrogen-bond donors (Lipinski definition) is 0. The number of thiophene rings is 1. The SMILES string of the molecule is CC1(C)c2ccccc2-c2ccc(-c3ccc(N(c4ccc(-c5ccccc5)cc4)c4cccc5c4sc4ccccc45)cc3)cc21. The average molecular weight is 620 g/mol. The van der Waals surface area contributed by atoms with Crippen molar-refractivity contribution in [3.63, 3.8) is 0 Å². The van der Waals surface area contributed by atoms with Crippen molar-refractivity contribution in [2.24, 2.45) is 0 Å². The molecule has 47 heavy (non-hydrogen) atoms. The van der Waals surface area contributed by atoms with Gasteiger partial charge in [-0.2, -0.15) is 0 Å². The second-order valence-corrected chi connectivity index (χ2v) is 14.0. The quantitative estimate of drug-likeness (QED) is 0.185. The minimum atomic E-state index is -0.0203. The molecule has 0 radical (unpaired) electrons. The summed E-state index contributed by atoms with van der Waals surface area (Å²) in [5.74, 6) is 0. The molecule has 1 heterocycles. The van der Waals surface area contributed by atoms with E-state index in [1.165, 1.54) is 70.4 Å². The van der Waals surface area contributed by atoms with Gasteiger partial charge in [0.05, 0.1) is 10.4 Å². The highest BCUT2D eigenvalue weighted by Crippen LogP contribution is 2.50. The van der Waals surface area contributed by atoms with Gasteiger partial charge in [-0.3, -0.25) is 0 Å². The Balaban J connectivity index is 1.15. The molecule has 0 saturated carbocycles. The maximum atomic E-state index is 2.42. The van der Waals surface area contributed by atoms with Crippen molar-refractivity contribution < 1.29 is 0 Å². The molecule has 1 aromatic heterocycles. The van der Waals surface area contributed by atoms with Crippen LogP contribution in [0.2, 0.25) is 0 Å². The number of rotatable bonds is 5. The zero-order valence-corrected chi connectivity index (χ0v) is 27.3. The highest BCUT2D eigenvalue weighted by molar-refractivity contribution is 7.26. The van der Waals surface area contributed by atoms with Crippen LogP contribution < -0.4 is 4.90 Å². The Bertz CT molecular complexity index is 2410. The molecule has 9 rings (SSSR count). The molecule has 0 amide bonds. The molecule has 8 aromatic rings. The summed E-state index contributed by atoms with van der Waals surface area (Å²) in [5, 5.41) is 2.61. The van der Waals surface area contributed by atoms with Gasteiger partial charge in [0, 0.05) is 32.3 Å². The van der Waals surface area contributed by atoms with Gasteiger partial charge >= 0.3 is 0 Å². The maximum Gasteiger partial charge on any atom is 0.0640 e. The smallest absolute Gasteiger partial charge is 0.0640 e. The molecule has 1 nitrogen and oxygen atoms in total. The molecule has 224 valence electrons. The molecule has 1 aliphatic carbocycles. The van der Waals surface area contributed by atoms with Crippen molar-refractivity contribution in [1.29, 1.82) is 0 Å². The molecule has 0 bridgehead atoms. The van der Waals surface area contributed by atoms with E-state index < -0.39 is 0 Å². The molecule has 0 fully saturated rings. The summed E-state index contributed by atoms with van der Waals surface area (Å²) in [4.78, 5) is 2.42. The summed E-state index contributed by atoms with van der Waals surface area (Å²) in [6.45, 7) is 4.69. The van der Waals surface area contributed by atoms with E-state index in [9.17, 15) is 0 Å². The molecule has 1 aliphatic rings. The van der Waals surface area contributed by atoms with Crippen molar-refractivity contribution in [3.8, 4) is 33.4 Å². The number of anilines is 3. The molecule has 0 atom stereocenters. The minimum absolute atomic E-state index is 0.0203. The molecular formula is C45H33NS. The number of nitrogens with zero attached hydrogens (tertiary/aromatic N) is 1. The average Bonchev–Trinajstić information content (AvgIpc) is 3.62. The lowest BCUT2D eigenvalue weighted by molar-refractivity contribution is 0.660. The first kappa shape index (κ1) is 27.8. The molecule has 0 aliphatic heterocycles. The third-order valence-electron chi connectivity index (χ3n) is 9.90. The first-order chi connectivity index (χ1) is 23.1. The van der Waals surface area contributed by atoms with E-state index in [-0.39, 0.29) is 5.41 Å². The second kappa shape index (κ2) is 10.8. The standard InChI is InChI=1S/C45H33NS/c1-45(2)40-16-8-6-13-36(40)37-28-23-33(29-41(37)45)32-21-26-35(27-22-32)46(34-24-19-31(20-25-34)30-11-4-3-5-12-30)42-17-10-15-39-38-14-7-9-18-43(38)47-44(39)42/h3-29H,1-2H3. The van der Waals surface area contributed by atoms with Gasteiger partial charge in [-0.15, -0.1) is 11.3 Å². The predicted octanol–water partition coefficient (Wildman–Crippen LogP) is 13.2. The topological polar surface area (TPSA) is 3.24 Å². The Morgan fingerprint density at radius 3 is 1.79 bits per heavy atom. The van der Waals surface area contributed by atoms with E-state index in [1.807, 2.05) is 11.3 Å². The fourth-order valence-corrected chi connectivity index (χ4v) is 8.66. The Labute approximate surface area is 280 Å². The van der Waals surface area contributed by atoms with Crippen LogP contribution in [0.5, 0.6) is 0 Å². The summed E-state index contributed by atoms with van der Waals surface area (Å²) in [7, 11) is 0. The summed E-state index contributed by atoms with van der Waals surface area (Å²) in [6, 6.07) is 60.0. The lowest BCUT2D eigenvalue weighted by Gasteiger charge is -2.26. The summed E-state index contributed by atoms with van der Waals surface area (Å²) in [6.07, 6.45) is 0. The Morgan fingerprint density at radius 1 is 0.447 bits per heavy atom. The van der Waals surface area contributed by atoms with Crippen LogP contribution in [0.3, 0.4) is 0 Å². The Kier molecular flexibility index (Phi) is 6.41. The summed E-state index contributed by atoms with van der Waals surface area (Å²) < 4.78 is 2.61.